The van der Waals surface area contributed by atoms with Gasteiger partial charge in [0.2, 0.25) is 5.88 Å². The molecule has 0 spiro atoms. The van der Waals surface area contributed by atoms with E-state index < -0.39 is 0 Å². The lowest BCUT2D eigenvalue weighted by Gasteiger charge is -2.31. The van der Waals surface area contributed by atoms with Gasteiger partial charge in [0.1, 0.15) is 5.69 Å². The average Bonchev–Trinajstić information content (AvgIpc) is 3.11. The molecule has 0 aliphatic heterocycles. The largest absolute Gasteiger partial charge is 0.480 e. The van der Waals surface area contributed by atoms with Crippen LogP contribution in [0, 0.1) is 17.8 Å². The molecule has 1 N–H and O–H groups in total. The standard InChI is InChI=1S/C16H25N3O/c1-3-6-17-14(13-10-11-4-5-12(13)9-11)15-16(20-2)19-8-7-18-15/h7-8,11-14,17H,3-6,9-10H2,1-2H3. The highest BCUT2D eigenvalue weighted by Crippen LogP contribution is 2.52. The summed E-state index contributed by atoms with van der Waals surface area (Å²) >= 11 is 0. The van der Waals surface area contributed by atoms with Crippen LogP contribution in [0.4, 0.5) is 0 Å². The van der Waals surface area contributed by atoms with Crippen LogP contribution in [0.5, 0.6) is 5.88 Å². The van der Waals surface area contributed by atoms with E-state index in [9.17, 15) is 0 Å². The van der Waals surface area contributed by atoms with Crippen molar-refractivity contribution < 1.29 is 4.74 Å². The van der Waals surface area contributed by atoms with Gasteiger partial charge < -0.3 is 10.1 Å². The van der Waals surface area contributed by atoms with Crippen LogP contribution in [-0.4, -0.2) is 23.6 Å². The number of nitrogens with zero attached hydrogens (tertiary/aromatic N) is 2. The summed E-state index contributed by atoms with van der Waals surface area (Å²) in [4.78, 5) is 8.92. The number of hydrogen-bond donors (Lipinski definition) is 1. The summed E-state index contributed by atoms with van der Waals surface area (Å²) in [7, 11) is 1.69. The predicted octanol–water partition coefficient (Wildman–Crippen LogP) is 2.96. The summed E-state index contributed by atoms with van der Waals surface area (Å²) in [5.74, 6) is 3.19. The molecule has 4 heteroatoms. The Morgan fingerprint density at radius 1 is 1.30 bits per heavy atom. The minimum atomic E-state index is 0.300. The number of ether oxygens (including phenoxy) is 1. The van der Waals surface area contributed by atoms with Crippen molar-refractivity contribution in [2.45, 2.75) is 45.1 Å². The Morgan fingerprint density at radius 3 is 2.80 bits per heavy atom. The Balaban J connectivity index is 1.85. The normalized spacial score (nSPS) is 29.6. The second-order valence-electron chi connectivity index (χ2n) is 6.22. The van der Waals surface area contributed by atoms with Crippen molar-refractivity contribution >= 4 is 0 Å². The van der Waals surface area contributed by atoms with Crippen molar-refractivity contribution in [3.63, 3.8) is 0 Å². The Morgan fingerprint density at radius 2 is 2.15 bits per heavy atom. The molecule has 4 nitrogen and oxygen atoms in total. The third-order valence-corrected chi connectivity index (χ3v) is 5.01. The lowest BCUT2D eigenvalue weighted by molar-refractivity contribution is 0.240. The first-order valence-corrected chi connectivity index (χ1v) is 7.91. The van der Waals surface area contributed by atoms with Gasteiger partial charge in [0.25, 0.3) is 0 Å². The fraction of sp³-hybridized carbons (Fsp3) is 0.750. The molecule has 1 heterocycles. The zero-order valence-electron chi connectivity index (χ0n) is 12.5. The van der Waals surface area contributed by atoms with Crippen molar-refractivity contribution in [2.24, 2.45) is 17.8 Å². The molecule has 0 amide bonds. The van der Waals surface area contributed by atoms with Gasteiger partial charge in [0.15, 0.2) is 0 Å². The topological polar surface area (TPSA) is 47.0 Å². The third kappa shape index (κ3) is 2.53. The van der Waals surface area contributed by atoms with E-state index in [1.54, 1.807) is 19.5 Å². The molecule has 4 unspecified atom stereocenters. The molecule has 2 aliphatic rings. The number of rotatable bonds is 6. The van der Waals surface area contributed by atoms with Gasteiger partial charge in [-0.25, -0.2) is 4.98 Å². The summed E-state index contributed by atoms with van der Waals surface area (Å²) in [6.07, 6.45) is 10.2. The molecule has 2 aliphatic carbocycles. The first kappa shape index (κ1) is 13.8. The zero-order chi connectivity index (χ0) is 13.9. The Bertz CT molecular complexity index is 451. The van der Waals surface area contributed by atoms with Crippen LogP contribution in [0.3, 0.4) is 0 Å². The highest BCUT2D eigenvalue weighted by molar-refractivity contribution is 5.23. The predicted molar refractivity (Wildman–Crippen MR) is 78.6 cm³/mol. The fourth-order valence-electron chi connectivity index (χ4n) is 4.16. The molecule has 1 aromatic heterocycles. The van der Waals surface area contributed by atoms with Crippen LogP contribution in [0.1, 0.15) is 50.8 Å². The quantitative estimate of drug-likeness (QED) is 0.867. The van der Waals surface area contributed by atoms with Crippen LogP contribution < -0.4 is 10.1 Å². The maximum atomic E-state index is 5.43. The fourth-order valence-corrected chi connectivity index (χ4v) is 4.16. The SMILES string of the molecule is CCCNC(c1nccnc1OC)C1CC2CCC1C2. The first-order chi connectivity index (χ1) is 9.83. The van der Waals surface area contributed by atoms with Gasteiger partial charge in [-0.3, -0.25) is 4.98 Å². The monoisotopic (exact) mass is 275 g/mol. The summed E-state index contributed by atoms with van der Waals surface area (Å²) in [5, 5.41) is 3.70. The number of hydrogen-bond acceptors (Lipinski definition) is 4. The summed E-state index contributed by atoms with van der Waals surface area (Å²) in [6.45, 7) is 3.23. The molecule has 110 valence electrons. The van der Waals surface area contributed by atoms with E-state index in [0.29, 0.717) is 17.8 Å². The highest BCUT2D eigenvalue weighted by Gasteiger charge is 2.44. The lowest BCUT2D eigenvalue weighted by Crippen LogP contribution is -2.33. The molecule has 20 heavy (non-hydrogen) atoms. The van der Waals surface area contributed by atoms with Crippen LogP contribution >= 0.6 is 0 Å². The van der Waals surface area contributed by atoms with Gasteiger partial charge in [-0.05, 0) is 50.0 Å². The van der Waals surface area contributed by atoms with Crippen molar-refractivity contribution in [1.82, 2.24) is 15.3 Å². The smallest absolute Gasteiger partial charge is 0.237 e. The summed E-state index contributed by atoms with van der Waals surface area (Å²) in [6, 6.07) is 0.300. The number of methoxy groups -OCH3 is 1. The van der Waals surface area contributed by atoms with Crippen molar-refractivity contribution in [2.75, 3.05) is 13.7 Å². The van der Waals surface area contributed by atoms with Gasteiger partial charge in [0.05, 0.1) is 13.2 Å². The highest BCUT2D eigenvalue weighted by atomic mass is 16.5. The van der Waals surface area contributed by atoms with Gasteiger partial charge in [-0.2, -0.15) is 0 Å². The zero-order valence-corrected chi connectivity index (χ0v) is 12.5. The second-order valence-corrected chi connectivity index (χ2v) is 6.22. The van der Waals surface area contributed by atoms with Crippen LogP contribution in [0.2, 0.25) is 0 Å². The average molecular weight is 275 g/mol. The Labute approximate surface area is 121 Å². The van der Waals surface area contributed by atoms with E-state index in [0.717, 1.165) is 30.5 Å². The maximum Gasteiger partial charge on any atom is 0.237 e. The van der Waals surface area contributed by atoms with Gasteiger partial charge in [-0.15, -0.1) is 0 Å². The molecular weight excluding hydrogens is 250 g/mol. The van der Waals surface area contributed by atoms with Crippen molar-refractivity contribution in [3.05, 3.63) is 18.1 Å². The van der Waals surface area contributed by atoms with Gasteiger partial charge >= 0.3 is 0 Å². The van der Waals surface area contributed by atoms with Crippen LogP contribution in [0.15, 0.2) is 12.4 Å². The number of aromatic nitrogens is 2. The maximum absolute atomic E-state index is 5.43. The minimum absolute atomic E-state index is 0.300. The molecule has 0 radical (unpaired) electrons. The van der Waals surface area contributed by atoms with E-state index in [1.165, 1.54) is 25.7 Å². The van der Waals surface area contributed by atoms with Crippen molar-refractivity contribution in [1.29, 1.82) is 0 Å². The van der Waals surface area contributed by atoms with Crippen molar-refractivity contribution in [3.8, 4) is 5.88 Å². The van der Waals surface area contributed by atoms with Gasteiger partial charge in [-0.1, -0.05) is 13.3 Å². The molecule has 0 saturated heterocycles. The van der Waals surface area contributed by atoms with E-state index in [2.05, 4.69) is 22.2 Å². The second kappa shape index (κ2) is 6.08. The Kier molecular flexibility index (Phi) is 4.20. The van der Waals surface area contributed by atoms with E-state index in [-0.39, 0.29) is 0 Å². The van der Waals surface area contributed by atoms with E-state index in [4.69, 9.17) is 4.74 Å². The summed E-state index contributed by atoms with van der Waals surface area (Å²) < 4.78 is 5.43. The molecule has 0 aromatic carbocycles. The molecule has 4 atom stereocenters. The van der Waals surface area contributed by atoms with Crippen LogP contribution in [0.25, 0.3) is 0 Å². The third-order valence-electron chi connectivity index (χ3n) is 5.01. The summed E-state index contributed by atoms with van der Waals surface area (Å²) in [5.41, 5.74) is 1.00. The lowest BCUT2D eigenvalue weighted by atomic mass is 9.82. The first-order valence-electron chi connectivity index (χ1n) is 7.91. The minimum Gasteiger partial charge on any atom is -0.480 e. The molecule has 2 fully saturated rings. The number of nitrogens with one attached hydrogen (secondary N) is 1. The Hall–Kier alpha value is -1.16. The molecule has 2 bridgehead atoms. The van der Waals surface area contributed by atoms with Crippen LogP contribution in [-0.2, 0) is 0 Å². The molecule has 1 aromatic rings. The van der Waals surface area contributed by atoms with E-state index >= 15 is 0 Å². The molecule has 3 rings (SSSR count). The number of fused-ring (bicyclic) bond motifs is 2. The van der Waals surface area contributed by atoms with Gasteiger partial charge in [0, 0.05) is 12.4 Å². The van der Waals surface area contributed by atoms with E-state index in [1.807, 2.05) is 0 Å². The molecular formula is C16H25N3O. The molecule has 2 saturated carbocycles.